The van der Waals surface area contributed by atoms with Gasteiger partial charge in [-0.15, -0.1) is 12.4 Å². The number of benzene rings is 4. The van der Waals surface area contributed by atoms with E-state index in [9.17, 15) is 14.7 Å². The number of likely N-dealkylation sites (tertiary alicyclic amines) is 1. The van der Waals surface area contributed by atoms with Crippen LogP contribution in [0.4, 0.5) is 0 Å². The third-order valence-corrected chi connectivity index (χ3v) is 15.0. The summed E-state index contributed by atoms with van der Waals surface area (Å²) >= 11 is 12.8. The van der Waals surface area contributed by atoms with Crippen LogP contribution < -0.4 is 15.4 Å². The number of nitrogens with zero attached hydrogens (tertiary/aromatic N) is 5. The maximum Gasteiger partial charge on any atom is 0.245 e. The largest absolute Gasteiger partial charge is 0.457 e. The van der Waals surface area contributed by atoms with Gasteiger partial charge in [-0.25, -0.2) is 4.98 Å². The van der Waals surface area contributed by atoms with Crippen LogP contribution >= 0.6 is 35.6 Å². The number of fused-ring (bicyclic) bond motifs is 3. The highest BCUT2D eigenvalue weighted by atomic mass is 35.5. The van der Waals surface area contributed by atoms with Crippen molar-refractivity contribution < 1.29 is 29.0 Å². The summed E-state index contributed by atoms with van der Waals surface area (Å²) in [4.78, 5) is 69.5. The first-order valence-corrected chi connectivity index (χ1v) is 24.6. The molecule has 3 aliphatic heterocycles. The summed E-state index contributed by atoms with van der Waals surface area (Å²) in [5.41, 5.74) is 4.70. The van der Waals surface area contributed by atoms with Crippen molar-refractivity contribution in [1.29, 1.82) is 0 Å². The Balaban J connectivity index is 0.00000642. The number of carbonyl (C=O) groups excluding carboxylic acids is 4. The predicted molar refractivity (Wildman–Crippen MR) is 268 cm³/mol. The smallest absolute Gasteiger partial charge is 0.245 e. The summed E-state index contributed by atoms with van der Waals surface area (Å²) in [6, 6.07) is 25.8. The monoisotopic (exact) mass is 995 g/mol. The molecular formula is C53H60Cl3N7O6. The van der Waals surface area contributed by atoms with E-state index in [4.69, 9.17) is 32.9 Å². The molecule has 3 N–H and O–H groups in total. The van der Waals surface area contributed by atoms with Crippen LogP contribution in [0.2, 0.25) is 10.0 Å². The highest BCUT2D eigenvalue weighted by Gasteiger charge is 2.45. The number of imidazole rings is 1. The number of halogens is 3. The summed E-state index contributed by atoms with van der Waals surface area (Å²) in [5.74, 6) is -0.882. The van der Waals surface area contributed by atoms with E-state index >= 15 is 9.59 Å². The fourth-order valence-corrected chi connectivity index (χ4v) is 11.0. The number of hydrogen-bond acceptors (Lipinski definition) is 8. The van der Waals surface area contributed by atoms with Gasteiger partial charge in [-0.3, -0.25) is 24.1 Å². The molecule has 3 saturated heterocycles. The number of carbonyl (C=O) groups is 4. The Bertz CT molecular complexity index is 2660. The Kier molecular flexibility index (Phi) is 15.7. The molecule has 0 saturated carbocycles. The first kappa shape index (κ1) is 50.0. The second-order valence-corrected chi connectivity index (χ2v) is 19.9. The van der Waals surface area contributed by atoms with Gasteiger partial charge in [-0.2, -0.15) is 0 Å². The van der Waals surface area contributed by atoms with Crippen molar-refractivity contribution in [3.63, 3.8) is 0 Å². The van der Waals surface area contributed by atoms with Crippen LogP contribution in [0.1, 0.15) is 79.4 Å². The lowest BCUT2D eigenvalue weighted by molar-refractivity contribution is -0.148. The quantitative estimate of drug-likeness (QED) is 0.121. The summed E-state index contributed by atoms with van der Waals surface area (Å²) in [6.07, 6.45) is 7.14. The van der Waals surface area contributed by atoms with Crippen molar-refractivity contribution >= 4 is 59.2 Å². The van der Waals surface area contributed by atoms with E-state index in [1.54, 1.807) is 37.3 Å². The number of aliphatic hydroxyl groups is 1. The number of aromatic nitrogens is 2. The normalized spacial score (nSPS) is 23.5. The topological polar surface area (TPSA) is 149 Å². The predicted octanol–water partition coefficient (Wildman–Crippen LogP) is 7.87. The first-order chi connectivity index (χ1) is 32.9. The molecule has 1 aliphatic carbocycles. The summed E-state index contributed by atoms with van der Waals surface area (Å²) in [5, 5.41) is 17.6. The van der Waals surface area contributed by atoms with Crippen molar-refractivity contribution in [2.24, 2.45) is 13.0 Å². The Morgan fingerprint density at radius 3 is 2.35 bits per heavy atom. The van der Waals surface area contributed by atoms with Gasteiger partial charge in [0.15, 0.2) is 0 Å². The zero-order valence-electron chi connectivity index (χ0n) is 39.0. The Hall–Kier alpha value is -5.44. The van der Waals surface area contributed by atoms with Gasteiger partial charge < -0.3 is 34.8 Å². The standard InChI is InChI=1S/C53H59Cl2N7O6.ClH/c1-34-50(65)57-45(32-63)51(66)58-53(28-35-10-16-39(54)17-11-35)22-7-25-61(33-53)52(67)44(43-21-15-36-8-3-4-9-42(36)43)27-49(64)62(34)30-38-12-18-40(55)26-47(38)68-41-19-13-37(14-20-41)46-29-56-48(59(46)2)31-60-23-5-6-24-60;/h3-4,8-14,16-20,26,29,34,43-45,63H,5-7,15,21-25,27-28,30-33H2,1-2H3,(H,57,65)(H,58,66);1H/t34-,43-,44-,45-,53+;/m0./s1. The van der Waals surface area contributed by atoms with E-state index in [0.29, 0.717) is 59.3 Å². The number of aliphatic hydroxyl groups excluding tert-OH is 1. The molecule has 9 rings (SSSR count). The van der Waals surface area contributed by atoms with Crippen molar-refractivity contribution in [2.75, 3.05) is 32.8 Å². The molecule has 13 nitrogen and oxygen atoms in total. The molecule has 1 aromatic heterocycles. The van der Waals surface area contributed by atoms with Gasteiger partial charge in [-0.1, -0.05) is 65.7 Å². The molecule has 69 heavy (non-hydrogen) atoms. The van der Waals surface area contributed by atoms with Gasteiger partial charge in [0.2, 0.25) is 23.6 Å². The number of ether oxygens (including phenoxy) is 1. The van der Waals surface area contributed by atoms with Gasteiger partial charge >= 0.3 is 0 Å². The second-order valence-electron chi connectivity index (χ2n) is 19.0. The van der Waals surface area contributed by atoms with E-state index < -0.39 is 47.9 Å². The molecule has 2 bridgehead atoms. The molecule has 3 fully saturated rings. The Morgan fingerprint density at radius 1 is 0.855 bits per heavy atom. The van der Waals surface area contributed by atoms with Crippen LogP contribution in [0.15, 0.2) is 97.2 Å². The van der Waals surface area contributed by atoms with Gasteiger partial charge in [-0.05, 0) is 136 Å². The fourth-order valence-electron chi connectivity index (χ4n) is 10.7. The van der Waals surface area contributed by atoms with Gasteiger partial charge in [0.05, 0.1) is 43.0 Å². The number of nitrogens with one attached hydrogen (secondary N) is 2. The van der Waals surface area contributed by atoms with Crippen LogP contribution in [0.25, 0.3) is 11.3 Å². The maximum atomic E-state index is 15.3. The SMILES string of the molecule is C[C@H]1C(=O)N[C@@H](CO)C(=O)N[C@@]2(Cc3ccc(Cl)cc3)CCCN(C2)C(=O)[C@H]([C@H]2CCc3ccccc32)CC(=O)N1Cc1ccc(Cl)cc1Oc1ccc(-c2cnc(CN3CCCC3)n2C)cc1.Cl. The lowest BCUT2D eigenvalue weighted by Gasteiger charge is -2.46. The maximum absolute atomic E-state index is 15.3. The Labute approximate surface area is 419 Å². The summed E-state index contributed by atoms with van der Waals surface area (Å²) in [6.45, 7) is 4.43. The molecule has 4 heterocycles. The lowest BCUT2D eigenvalue weighted by Crippen LogP contribution is -2.65. The molecule has 4 aliphatic rings. The molecule has 4 aromatic carbocycles. The molecule has 5 atom stereocenters. The third-order valence-electron chi connectivity index (χ3n) is 14.5. The molecule has 16 heteroatoms. The zero-order chi connectivity index (χ0) is 47.5. The number of hydrogen-bond donors (Lipinski definition) is 3. The molecule has 0 spiro atoms. The van der Waals surface area contributed by atoms with Crippen LogP contribution in [0.3, 0.4) is 0 Å². The van der Waals surface area contributed by atoms with E-state index in [1.165, 1.54) is 17.7 Å². The number of rotatable bonds is 11. The zero-order valence-corrected chi connectivity index (χ0v) is 41.4. The van der Waals surface area contributed by atoms with Crippen LogP contribution in [0.5, 0.6) is 11.5 Å². The number of amides is 4. The minimum Gasteiger partial charge on any atom is -0.457 e. The van der Waals surface area contributed by atoms with Gasteiger partial charge in [0.1, 0.15) is 29.4 Å². The highest BCUT2D eigenvalue weighted by Crippen LogP contribution is 2.42. The van der Waals surface area contributed by atoms with Crippen LogP contribution in [-0.4, -0.2) is 103 Å². The molecule has 0 radical (unpaired) electrons. The molecule has 4 amide bonds. The van der Waals surface area contributed by atoms with Crippen LogP contribution in [-0.2, 0) is 52.2 Å². The molecule has 5 aromatic rings. The Morgan fingerprint density at radius 2 is 1.59 bits per heavy atom. The van der Waals surface area contributed by atoms with E-state index in [1.807, 2.05) is 72.7 Å². The average Bonchev–Trinajstić information content (AvgIpc) is 4.11. The van der Waals surface area contributed by atoms with Crippen LogP contribution in [0, 0.1) is 5.92 Å². The minimum atomic E-state index is -1.33. The molecular weight excluding hydrogens is 937 g/mol. The van der Waals surface area contributed by atoms with E-state index in [2.05, 4.69) is 26.2 Å². The second kappa shape index (κ2) is 21.7. The van der Waals surface area contributed by atoms with Crippen molar-refractivity contribution in [3.05, 3.63) is 135 Å². The highest BCUT2D eigenvalue weighted by molar-refractivity contribution is 6.31. The summed E-state index contributed by atoms with van der Waals surface area (Å²) < 4.78 is 8.64. The first-order valence-electron chi connectivity index (χ1n) is 23.8. The fraction of sp³-hybridized carbons (Fsp3) is 0.415. The third kappa shape index (κ3) is 11.1. The summed E-state index contributed by atoms with van der Waals surface area (Å²) in [7, 11) is 2.03. The molecule has 0 unspecified atom stereocenters. The van der Waals surface area contributed by atoms with Gasteiger partial charge in [0.25, 0.3) is 0 Å². The minimum absolute atomic E-state index is 0. The number of piperidine rings is 1. The average molecular weight is 997 g/mol. The van der Waals surface area contributed by atoms with Crippen molar-refractivity contribution in [1.82, 2.24) is 34.9 Å². The van der Waals surface area contributed by atoms with Crippen molar-refractivity contribution in [3.8, 4) is 22.8 Å². The van der Waals surface area contributed by atoms with E-state index in [0.717, 1.165) is 59.8 Å². The lowest BCUT2D eigenvalue weighted by atomic mass is 9.80. The van der Waals surface area contributed by atoms with Crippen molar-refractivity contribution in [2.45, 2.75) is 94.9 Å². The van der Waals surface area contributed by atoms with Gasteiger partial charge in [0, 0.05) is 47.7 Å². The molecule has 364 valence electrons. The number of aryl methyl sites for hydroxylation is 1. The van der Waals surface area contributed by atoms with E-state index in [-0.39, 0.29) is 43.7 Å².